The fourth-order valence-electron chi connectivity index (χ4n) is 7.62. The Bertz CT molecular complexity index is 3660. The van der Waals surface area contributed by atoms with Gasteiger partial charge in [0, 0.05) is 28.3 Å². The monoisotopic (exact) mass is 1190 g/mol. The van der Waals surface area contributed by atoms with E-state index < -0.39 is 28.8 Å². The molecule has 0 unspecified atom stereocenters. The van der Waals surface area contributed by atoms with Crippen molar-refractivity contribution in [2.45, 2.75) is 52.4 Å². The summed E-state index contributed by atoms with van der Waals surface area (Å²) in [6.07, 6.45) is 0. The van der Waals surface area contributed by atoms with Crippen LogP contribution in [-0.4, -0.2) is 66.0 Å². The summed E-state index contributed by atoms with van der Waals surface area (Å²) < 4.78 is 4.63. The zero-order chi connectivity index (χ0) is 53.5. The molecule has 9 aromatic rings. The van der Waals surface area contributed by atoms with Gasteiger partial charge in [0.1, 0.15) is 23.0 Å². The Balaban J connectivity index is 0.00000276. The first kappa shape index (κ1) is 69.9. The van der Waals surface area contributed by atoms with Crippen LogP contribution in [0.15, 0.2) is 118 Å². The summed E-state index contributed by atoms with van der Waals surface area (Å²) in [6.45, 7) is 19.1. The molecule has 9 rings (SSSR count). The van der Waals surface area contributed by atoms with Crippen LogP contribution in [0.25, 0.3) is 50.6 Å². The van der Waals surface area contributed by atoms with Crippen LogP contribution in [0, 0.1) is 30.0 Å². The van der Waals surface area contributed by atoms with Crippen molar-refractivity contribution < 1.29 is 282 Å². The van der Waals surface area contributed by atoms with Gasteiger partial charge in [0.05, 0.1) is 24.0 Å². The molecule has 0 aliphatic heterocycles. The summed E-state index contributed by atoms with van der Waals surface area (Å²) in [5, 5.41) is 84.5. The maximum Gasteiger partial charge on any atom is 1.00 e. The molecule has 29 heteroatoms. The van der Waals surface area contributed by atoms with E-state index in [0.717, 1.165) is 9.36 Å². The van der Waals surface area contributed by atoms with Gasteiger partial charge in [-0.1, -0.05) is 102 Å². The number of nitrogens with two attached hydrogens (primary N) is 2. The van der Waals surface area contributed by atoms with E-state index in [1.165, 1.54) is 45.8 Å². The average molecular weight is 1190 g/mol. The SMILES string of the molecule is [C-]#[N+]c1c(-c2ccccc2)nn(-c2c[c-]cc(C(=O)[O-])c2)c1N=Nc1c(C(C)(C)C)nn(-c2nc([O-])nc(-n3nc(C(C)(C)C)c(N=Nc4c(C#N)c(-c5ccccc5)nn4-c4c[c-]cc(C(=O)[O-])c4)c3N)n2)c1N.[K+].[K+].[K+].[K+].[K+]. The van der Waals surface area contributed by atoms with Gasteiger partial charge in [-0.25, -0.2) is 14.8 Å². The number of rotatable bonds is 12. The summed E-state index contributed by atoms with van der Waals surface area (Å²) >= 11 is 0. The van der Waals surface area contributed by atoms with E-state index >= 15 is 0 Å². The van der Waals surface area contributed by atoms with Gasteiger partial charge in [-0.05, 0) is 16.9 Å². The molecule has 0 radical (unpaired) electrons. The summed E-state index contributed by atoms with van der Waals surface area (Å²) in [4.78, 5) is 40.1. The molecule has 372 valence electrons. The van der Waals surface area contributed by atoms with Gasteiger partial charge in [-0.3, -0.25) is 9.36 Å². The Morgan fingerprint density at radius 1 is 0.613 bits per heavy atom. The quantitative estimate of drug-likeness (QED) is 0.0652. The number of carbonyl (C=O) groups is 2. The Labute approximate surface area is 670 Å². The van der Waals surface area contributed by atoms with E-state index in [1.54, 1.807) is 60.7 Å². The Kier molecular flexibility index (Phi) is 25.8. The Morgan fingerprint density at radius 2 is 1.02 bits per heavy atom. The number of anilines is 2. The number of aromatic carboxylic acids is 2. The first-order valence-corrected chi connectivity index (χ1v) is 22.4. The van der Waals surface area contributed by atoms with Gasteiger partial charge in [0.2, 0.25) is 0 Å². The summed E-state index contributed by atoms with van der Waals surface area (Å²) in [7, 11) is 0. The molecule has 80 heavy (non-hydrogen) atoms. The van der Waals surface area contributed by atoms with Crippen molar-refractivity contribution in [3.63, 3.8) is 0 Å². The molecule has 5 heterocycles. The van der Waals surface area contributed by atoms with Crippen molar-refractivity contribution in [3.05, 3.63) is 149 Å². The normalized spacial score (nSPS) is 11.1. The molecule has 5 aromatic heterocycles. The largest absolute Gasteiger partial charge is 1.00 e. The predicted octanol–water partition coefficient (Wildman–Crippen LogP) is -8.62. The maximum atomic E-state index is 13.5. The average Bonchev–Trinajstić information content (AvgIpc) is 4.15. The minimum Gasteiger partial charge on any atom is -0.844 e. The molecule has 24 nitrogen and oxygen atoms in total. The Morgan fingerprint density at radius 3 is 1.44 bits per heavy atom. The van der Waals surface area contributed by atoms with Crippen LogP contribution in [-0.2, 0) is 10.8 Å². The second-order valence-corrected chi connectivity index (χ2v) is 18.5. The molecule has 4 aromatic carbocycles. The third-order valence-corrected chi connectivity index (χ3v) is 11.2. The molecule has 0 saturated carbocycles. The molecule has 0 spiro atoms. The number of carboxylic acid groups (broad SMARTS) is 2. The summed E-state index contributed by atoms with van der Waals surface area (Å²) in [5.74, 6) is -4.23. The number of hydrogen-bond donors (Lipinski definition) is 2. The second kappa shape index (κ2) is 29.5. The minimum absolute atomic E-state index is 0. The van der Waals surface area contributed by atoms with Gasteiger partial charge in [0.15, 0.2) is 34.6 Å². The van der Waals surface area contributed by atoms with Crippen molar-refractivity contribution in [3.8, 4) is 57.9 Å². The van der Waals surface area contributed by atoms with E-state index in [4.69, 9.17) is 28.2 Å². The molecule has 0 atom stereocenters. The molecule has 4 N–H and O–H groups in total. The third kappa shape index (κ3) is 14.9. The predicted molar refractivity (Wildman–Crippen MR) is 263 cm³/mol. The number of aromatic nitrogens is 11. The van der Waals surface area contributed by atoms with Crippen LogP contribution in [0.4, 0.5) is 40.3 Å². The van der Waals surface area contributed by atoms with E-state index in [-0.39, 0.29) is 360 Å². The summed E-state index contributed by atoms with van der Waals surface area (Å²) in [6, 6.07) is 32.2. The number of hydrogen-bond acceptors (Lipinski definition) is 19. The number of carbonyl (C=O) groups excluding carboxylic acids is 2. The van der Waals surface area contributed by atoms with Crippen molar-refractivity contribution >= 4 is 52.3 Å². The topological polar surface area (TPSA) is 343 Å². The van der Waals surface area contributed by atoms with Crippen molar-refractivity contribution in [1.82, 2.24) is 54.1 Å². The third-order valence-electron chi connectivity index (χ3n) is 11.2. The van der Waals surface area contributed by atoms with Gasteiger partial charge >= 0.3 is 257 Å². The maximum absolute atomic E-state index is 13.5. The van der Waals surface area contributed by atoms with Gasteiger partial charge in [-0.2, -0.15) is 76.4 Å². The number of nitriles is 1. The standard InChI is InChI=1S/C51H41N19O5.5K/c1-50(2,3)39-37(59-61-43-33(26-52)34(27-16-10-8-11-17-27)63-67(43)31-22-14-20-29(24-31)45(71)72)41(53)69(65-39)47-56-48(58-49(75)57-47)70-42(54)38(40(66-70)51(4,5)6)60-62-44-36(55-7)35(28-18-12-9-13-19-28)64-68(44)32-23-15-21-30(25-32)46(73)74;;;;;/h8-13,16-25H,53-54H2,1-6H3,(H,71,72)(H,73,74)(H,56,57,58,75);;;;;/q-2;5*+1/p-3. The van der Waals surface area contributed by atoms with Gasteiger partial charge < -0.3 is 36.4 Å². The molecule has 0 aliphatic carbocycles. The minimum atomic E-state index is -1.46. The molecule has 0 fully saturated rings. The molecular weight excluding hydrogens is 1150 g/mol. The smallest absolute Gasteiger partial charge is 0.844 e. The molecule has 0 amide bonds. The van der Waals surface area contributed by atoms with Crippen LogP contribution in [0.2, 0.25) is 0 Å². The second-order valence-electron chi connectivity index (χ2n) is 18.5. The van der Waals surface area contributed by atoms with Crippen molar-refractivity contribution in [1.29, 1.82) is 5.26 Å². The van der Waals surface area contributed by atoms with Gasteiger partial charge in [0.25, 0.3) is 17.6 Å². The Hall–Kier alpha value is -2.57. The van der Waals surface area contributed by atoms with E-state index in [9.17, 15) is 30.2 Å². The van der Waals surface area contributed by atoms with E-state index in [2.05, 4.69) is 68.7 Å². The molecular formula is C51H38K5N19O5. The summed E-state index contributed by atoms with van der Waals surface area (Å²) in [5.41, 5.74) is 14.0. The number of nitrogen functional groups attached to an aromatic ring is 2. The van der Waals surface area contributed by atoms with Crippen molar-refractivity contribution in [2.24, 2.45) is 20.5 Å². The van der Waals surface area contributed by atoms with Crippen LogP contribution >= 0.6 is 0 Å². The van der Waals surface area contributed by atoms with Crippen molar-refractivity contribution in [2.75, 3.05) is 11.5 Å². The zero-order valence-corrected chi connectivity index (χ0v) is 61.2. The first-order chi connectivity index (χ1) is 35.8. The molecule has 0 aliphatic rings. The number of azo groups is 2. The molecule has 0 bridgehead atoms. The van der Waals surface area contributed by atoms with Gasteiger partial charge in [-0.15, -0.1) is 43.7 Å². The fraction of sp³-hybridized carbons (Fsp3) is 0.157. The first-order valence-electron chi connectivity index (χ1n) is 22.4. The van der Waals surface area contributed by atoms with Crippen LogP contribution in [0.1, 0.15) is 79.2 Å². The van der Waals surface area contributed by atoms with Crippen LogP contribution in [0.3, 0.4) is 0 Å². The zero-order valence-electron chi connectivity index (χ0n) is 45.5. The number of benzene rings is 4. The van der Waals surface area contributed by atoms with E-state index in [0.29, 0.717) is 11.1 Å². The number of carboxylic acids is 2. The molecule has 0 saturated heterocycles. The number of nitrogens with zero attached hydrogens (tertiary/aromatic N) is 17. The van der Waals surface area contributed by atoms with Crippen LogP contribution < -0.4 is 284 Å². The van der Waals surface area contributed by atoms with Crippen LogP contribution in [0.5, 0.6) is 6.01 Å². The fourth-order valence-corrected chi connectivity index (χ4v) is 7.62. The van der Waals surface area contributed by atoms with E-state index in [1.807, 2.05) is 41.5 Å².